The third-order valence-electron chi connectivity index (χ3n) is 7.31. The molecule has 0 bridgehead atoms. The fourth-order valence-corrected chi connectivity index (χ4v) is 4.70. The van der Waals surface area contributed by atoms with Gasteiger partial charge in [-0.2, -0.15) is 0 Å². The standard InChI is InChI=1S/C40H38.C3H6/c1-5-9-10-14-38-15-11-12-16-40(38)39-29-27-37(28-30-39)36-25-23-35(24-26-36)34-21-19-33(20-22-34)32(13-6-2)18-17-31(7-3)8-4;1-2-3-1/h5,7-30H,3,6H2,1-2,4H3;1-3H2/b9-5+,14-10-,18-17-,31-8+,32-13+;. The van der Waals surface area contributed by atoms with Crippen molar-refractivity contribution in [2.24, 2.45) is 0 Å². The molecule has 0 N–H and O–H groups in total. The van der Waals surface area contributed by atoms with Crippen molar-refractivity contribution >= 4 is 11.6 Å². The molecular formula is C43H44. The molecule has 4 aromatic carbocycles. The zero-order valence-corrected chi connectivity index (χ0v) is 26.0. The van der Waals surface area contributed by atoms with Crippen LogP contribution in [0, 0.1) is 0 Å². The molecule has 0 radical (unpaired) electrons. The first kappa shape index (κ1) is 31.3. The maximum Gasteiger partial charge on any atom is -0.0111 e. The molecule has 5 rings (SSSR count). The molecule has 0 unspecified atom stereocenters. The topological polar surface area (TPSA) is 0 Å². The Labute approximate surface area is 259 Å². The lowest BCUT2D eigenvalue weighted by Gasteiger charge is -2.09. The zero-order valence-electron chi connectivity index (χ0n) is 26.0. The lowest BCUT2D eigenvalue weighted by atomic mass is 9.95. The third-order valence-corrected chi connectivity index (χ3v) is 7.31. The van der Waals surface area contributed by atoms with E-state index in [-0.39, 0.29) is 0 Å². The summed E-state index contributed by atoms with van der Waals surface area (Å²) < 4.78 is 0. The molecule has 4 aromatic rings. The van der Waals surface area contributed by atoms with Crippen molar-refractivity contribution in [1.82, 2.24) is 0 Å². The average molecular weight is 561 g/mol. The van der Waals surface area contributed by atoms with E-state index in [9.17, 15) is 0 Å². The SMILES string of the molecule is C1CC1.C=CC(/C=C\C(=C/CC)c1ccc(-c2ccc(-c3ccc(-c4ccccc4/C=C\C=C\C)cc3)cc2)cc1)=C\C. The molecule has 0 nitrogen and oxygen atoms in total. The minimum absolute atomic E-state index is 0.989. The first-order chi connectivity index (χ1) is 21.2. The third kappa shape index (κ3) is 9.42. The Morgan fingerprint density at radius 1 is 0.651 bits per heavy atom. The second-order valence-corrected chi connectivity index (χ2v) is 10.7. The quantitative estimate of drug-likeness (QED) is 0.169. The van der Waals surface area contributed by atoms with E-state index in [1.54, 1.807) is 0 Å². The molecule has 0 aromatic heterocycles. The van der Waals surface area contributed by atoms with E-state index in [2.05, 4.69) is 153 Å². The summed E-state index contributed by atoms with van der Waals surface area (Å²) >= 11 is 0. The van der Waals surface area contributed by atoms with Gasteiger partial charge in [0.1, 0.15) is 0 Å². The Hall–Kier alpha value is -4.68. The molecule has 0 amide bonds. The highest BCUT2D eigenvalue weighted by molar-refractivity contribution is 5.79. The Morgan fingerprint density at radius 3 is 1.67 bits per heavy atom. The van der Waals surface area contributed by atoms with Crippen molar-refractivity contribution < 1.29 is 0 Å². The van der Waals surface area contributed by atoms with Gasteiger partial charge in [-0.1, -0.05) is 185 Å². The molecule has 1 fully saturated rings. The molecule has 0 saturated heterocycles. The van der Waals surface area contributed by atoms with Crippen LogP contribution in [0.25, 0.3) is 45.0 Å². The normalized spacial score (nSPS) is 13.4. The predicted molar refractivity (Wildman–Crippen MR) is 192 cm³/mol. The predicted octanol–water partition coefficient (Wildman–Crippen LogP) is 12.9. The number of allylic oxidation sites excluding steroid dienone is 10. The van der Waals surface area contributed by atoms with Gasteiger partial charge in [-0.3, -0.25) is 0 Å². The highest BCUT2D eigenvalue weighted by Crippen LogP contribution is 2.30. The Kier molecular flexibility index (Phi) is 12.1. The van der Waals surface area contributed by atoms with Crippen molar-refractivity contribution in [2.75, 3.05) is 0 Å². The lowest BCUT2D eigenvalue weighted by Crippen LogP contribution is -1.85. The summed E-state index contributed by atoms with van der Waals surface area (Å²) in [5.41, 5.74) is 12.1. The van der Waals surface area contributed by atoms with Crippen molar-refractivity contribution in [3.8, 4) is 33.4 Å². The van der Waals surface area contributed by atoms with Crippen LogP contribution >= 0.6 is 0 Å². The van der Waals surface area contributed by atoms with Gasteiger partial charge in [0.15, 0.2) is 0 Å². The maximum absolute atomic E-state index is 3.89. The van der Waals surface area contributed by atoms with Crippen molar-refractivity contribution in [3.63, 3.8) is 0 Å². The largest absolute Gasteiger partial charge is 0.0985 e. The van der Waals surface area contributed by atoms with E-state index in [1.165, 1.54) is 69.3 Å². The maximum atomic E-state index is 3.89. The van der Waals surface area contributed by atoms with Gasteiger partial charge in [0.2, 0.25) is 0 Å². The second-order valence-electron chi connectivity index (χ2n) is 10.7. The summed E-state index contributed by atoms with van der Waals surface area (Å²) in [4.78, 5) is 0. The number of hydrogen-bond acceptors (Lipinski definition) is 0. The van der Waals surface area contributed by atoms with E-state index in [0.717, 1.165) is 12.0 Å². The van der Waals surface area contributed by atoms with Gasteiger partial charge in [-0.25, -0.2) is 0 Å². The monoisotopic (exact) mass is 560 g/mol. The Bertz CT molecular complexity index is 1590. The van der Waals surface area contributed by atoms with E-state index in [1.807, 2.05) is 26.0 Å². The molecular weight excluding hydrogens is 516 g/mol. The van der Waals surface area contributed by atoms with Gasteiger partial charge in [0.25, 0.3) is 0 Å². The molecule has 0 atom stereocenters. The minimum atomic E-state index is 0.989. The van der Waals surface area contributed by atoms with E-state index in [0.29, 0.717) is 0 Å². The van der Waals surface area contributed by atoms with Crippen LogP contribution in [0.15, 0.2) is 158 Å². The molecule has 1 aliphatic carbocycles. The Morgan fingerprint density at radius 2 is 1.19 bits per heavy atom. The van der Waals surface area contributed by atoms with Crippen LogP contribution in [0.1, 0.15) is 57.6 Å². The summed E-state index contributed by atoms with van der Waals surface area (Å²) in [6.45, 7) is 10.1. The van der Waals surface area contributed by atoms with Gasteiger partial charge in [-0.15, -0.1) is 0 Å². The summed E-state index contributed by atoms with van der Waals surface area (Å²) in [6.07, 6.45) is 24.3. The first-order valence-electron chi connectivity index (χ1n) is 15.5. The van der Waals surface area contributed by atoms with Crippen LogP contribution in [0.5, 0.6) is 0 Å². The number of rotatable bonds is 10. The smallest absolute Gasteiger partial charge is 0.0111 e. The van der Waals surface area contributed by atoms with Crippen molar-refractivity contribution in [1.29, 1.82) is 0 Å². The van der Waals surface area contributed by atoms with Crippen LogP contribution in [-0.4, -0.2) is 0 Å². The van der Waals surface area contributed by atoms with Crippen molar-refractivity contribution in [3.05, 3.63) is 169 Å². The molecule has 216 valence electrons. The highest BCUT2D eigenvalue weighted by atomic mass is 14.1. The Balaban J connectivity index is 0.00000133. The molecule has 0 heteroatoms. The van der Waals surface area contributed by atoms with Crippen LogP contribution in [0.4, 0.5) is 0 Å². The van der Waals surface area contributed by atoms with E-state index >= 15 is 0 Å². The van der Waals surface area contributed by atoms with E-state index < -0.39 is 0 Å². The van der Waals surface area contributed by atoms with Gasteiger partial charge in [0, 0.05) is 0 Å². The van der Waals surface area contributed by atoms with Crippen LogP contribution in [0.3, 0.4) is 0 Å². The number of benzene rings is 4. The van der Waals surface area contributed by atoms with E-state index in [4.69, 9.17) is 0 Å². The summed E-state index contributed by atoms with van der Waals surface area (Å²) in [5.74, 6) is 0. The van der Waals surface area contributed by atoms with Gasteiger partial charge < -0.3 is 0 Å². The first-order valence-corrected chi connectivity index (χ1v) is 15.5. The van der Waals surface area contributed by atoms with Gasteiger partial charge in [-0.05, 0) is 75.9 Å². The molecule has 1 aliphatic rings. The fraction of sp³-hybridized carbons (Fsp3) is 0.163. The molecule has 43 heavy (non-hydrogen) atoms. The molecule has 0 spiro atoms. The molecule has 0 heterocycles. The molecule has 0 aliphatic heterocycles. The lowest BCUT2D eigenvalue weighted by molar-refractivity contribution is 1.23. The zero-order chi connectivity index (χ0) is 30.3. The summed E-state index contributed by atoms with van der Waals surface area (Å²) in [5, 5.41) is 0. The highest BCUT2D eigenvalue weighted by Gasteiger charge is 2.05. The van der Waals surface area contributed by atoms with Crippen molar-refractivity contribution in [2.45, 2.75) is 46.5 Å². The fourth-order valence-electron chi connectivity index (χ4n) is 4.70. The van der Waals surface area contributed by atoms with Gasteiger partial charge >= 0.3 is 0 Å². The summed E-state index contributed by atoms with van der Waals surface area (Å²) in [6, 6.07) is 35.1. The van der Waals surface area contributed by atoms with Crippen LogP contribution in [0.2, 0.25) is 0 Å². The summed E-state index contributed by atoms with van der Waals surface area (Å²) in [7, 11) is 0. The van der Waals surface area contributed by atoms with Crippen LogP contribution in [-0.2, 0) is 0 Å². The average Bonchev–Trinajstić information content (AvgIpc) is 3.96. The minimum Gasteiger partial charge on any atom is -0.0985 e. The van der Waals surface area contributed by atoms with Gasteiger partial charge in [0.05, 0.1) is 0 Å². The second kappa shape index (κ2) is 16.7. The molecule has 1 saturated carbocycles. The number of hydrogen-bond donors (Lipinski definition) is 0. The van der Waals surface area contributed by atoms with Crippen LogP contribution < -0.4 is 0 Å².